The van der Waals surface area contributed by atoms with Gasteiger partial charge in [0, 0.05) is 37.3 Å². The van der Waals surface area contributed by atoms with Gasteiger partial charge in [-0.1, -0.05) is 35.5 Å². The monoisotopic (exact) mass is 376 g/mol. The molecule has 0 radical (unpaired) electrons. The molecule has 8 heteroatoms. The van der Waals surface area contributed by atoms with Gasteiger partial charge in [0.2, 0.25) is 0 Å². The van der Waals surface area contributed by atoms with Crippen LogP contribution in [0.3, 0.4) is 0 Å². The second-order valence-electron chi connectivity index (χ2n) is 6.72. The van der Waals surface area contributed by atoms with Crippen molar-refractivity contribution >= 4 is 11.5 Å². The van der Waals surface area contributed by atoms with Crippen LogP contribution in [0.1, 0.15) is 30.7 Å². The summed E-state index contributed by atoms with van der Waals surface area (Å²) in [6, 6.07) is 14.0. The van der Waals surface area contributed by atoms with Crippen LogP contribution in [-0.2, 0) is 11.2 Å². The number of hydrogen-bond donors (Lipinski definition) is 1. The van der Waals surface area contributed by atoms with Crippen molar-refractivity contribution in [2.75, 3.05) is 18.5 Å². The summed E-state index contributed by atoms with van der Waals surface area (Å²) in [4.78, 5) is 9.15. The van der Waals surface area contributed by atoms with Gasteiger partial charge in [-0.25, -0.2) is 4.98 Å². The van der Waals surface area contributed by atoms with E-state index >= 15 is 0 Å². The van der Waals surface area contributed by atoms with Crippen LogP contribution in [0.4, 0.5) is 5.82 Å². The fourth-order valence-corrected chi connectivity index (χ4v) is 3.37. The second kappa shape index (κ2) is 7.40. The number of anilines is 1. The van der Waals surface area contributed by atoms with Gasteiger partial charge in [-0.15, -0.1) is 0 Å². The normalized spacial score (nSPS) is 16.6. The molecule has 0 aliphatic carbocycles. The first-order valence-corrected chi connectivity index (χ1v) is 9.45. The zero-order valence-corrected chi connectivity index (χ0v) is 15.3. The molecule has 0 amide bonds. The number of nitrogens with one attached hydrogen (secondary N) is 1. The number of fused-ring (bicyclic) bond motifs is 1. The minimum absolute atomic E-state index is 0.0495. The minimum Gasteiger partial charge on any atom is -0.369 e. The average molecular weight is 376 g/mol. The standard InChI is InChI=1S/C20H20N6O2/c1-2-5-14(6-3-1)15-13-19(26-18(23-15)9-11-22-26)21-10-8-17-24-20(28-25-17)16-7-4-12-27-16/h1-3,5-6,9,11,13,16,21H,4,7-8,10,12H2. The molecule has 8 nitrogen and oxygen atoms in total. The molecule has 1 N–H and O–H groups in total. The molecule has 4 aromatic rings. The predicted molar refractivity (Wildman–Crippen MR) is 103 cm³/mol. The van der Waals surface area contributed by atoms with Crippen molar-refractivity contribution in [3.8, 4) is 11.3 Å². The molecule has 1 atom stereocenters. The van der Waals surface area contributed by atoms with Crippen LogP contribution >= 0.6 is 0 Å². The number of ether oxygens (including phenoxy) is 1. The van der Waals surface area contributed by atoms with E-state index in [9.17, 15) is 0 Å². The minimum atomic E-state index is -0.0495. The van der Waals surface area contributed by atoms with Crippen LogP contribution < -0.4 is 5.32 Å². The summed E-state index contributed by atoms with van der Waals surface area (Å²) in [5.74, 6) is 2.13. The quantitative estimate of drug-likeness (QED) is 0.552. The highest BCUT2D eigenvalue weighted by Gasteiger charge is 2.23. The lowest BCUT2D eigenvalue weighted by atomic mass is 10.1. The Labute approximate surface area is 161 Å². The fraction of sp³-hybridized carbons (Fsp3) is 0.300. The lowest BCUT2D eigenvalue weighted by Gasteiger charge is -2.10. The van der Waals surface area contributed by atoms with E-state index in [1.54, 1.807) is 10.7 Å². The maximum Gasteiger partial charge on any atom is 0.255 e. The summed E-state index contributed by atoms with van der Waals surface area (Å²) in [5.41, 5.74) is 2.76. The van der Waals surface area contributed by atoms with E-state index in [-0.39, 0.29) is 6.10 Å². The van der Waals surface area contributed by atoms with E-state index in [4.69, 9.17) is 9.26 Å². The van der Waals surface area contributed by atoms with E-state index in [0.717, 1.165) is 42.2 Å². The van der Waals surface area contributed by atoms with Gasteiger partial charge in [0.15, 0.2) is 11.5 Å². The van der Waals surface area contributed by atoms with Crippen molar-refractivity contribution < 1.29 is 9.26 Å². The maximum absolute atomic E-state index is 5.59. The van der Waals surface area contributed by atoms with Gasteiger partial charge in [0.05, 0.1) is 11.9 Å². The summed E-state index contributed by atoms with van der Waals surface area (Å²) < 4.78 is 12.7. The summed E-state index contributed by atoms with van der Waals surface area (Å²) in [7, 11) is 0. The molecule has 0 spiro atoms. The zero-order chi connectivity index (χ0) is 18.8. The Balaban J connectivity index is 1.32. The summed E-state index contributed by atoms with van der Waals surface area (Å²) in [6.45, 7) is 1.41. The van der Waals surface area contributed by atoms with Crippen molar-refractivity contribution in [1.82, 2.24) is 24.7 Å². The SMILES string of the molecule is c1ccc(-c2cc(NCCc3noc(C4CCCO4)n3)n3nccc3n2)cc1. The first-order valence-electron chi connectivity index (χ1n) is 9.45. The molecule has 3 aromatic heterocycles. The Morgan fingerprint density at radius 1 is 1.14 bits per heavy atom. The molecular weight excluding hydrogens is 356 g/mol. The highest BCUT2D eigenvalue weighted by Crippen LogP contribution is 2.27. The van der Waals surface area contributed by atoms with Crippen LogP contribution in [0.2, 0.25) is 0 Å². The second-order valence-corrected chi connectivity index (χ2v) is 6.72. The number of aromatic nitrogens is 5. The van der Waals surface area contributed by atoms with Crippen LogP contribution in [0.15, 0.2) is 53.2 Å². The molecule has 1 fully saturated rings. The molecule has 28 heavy (non-hydrogen) atoms. The Hall–Kier alpha value is -3.26. The molecule has 4 heterocycles. The smallest absolute Gasteiger partial charge is 0.255 e. The van der Waals surface area contributed by atoms with Gasteiger partial charge in [0.1, 0.15) is 11.9 Å². The maximum atomic E-state index is 5.59. The lowest BCUT2D eigenvalue weighted by Crippen LogP contribution is -2.10. The van der Waals surface area contributed by atoms with E-state index < -0.39 is 0 Å². The van der Waals surface area contributed by atoms with Crippen molar-refractivity contribution in [3.05, 3.63) is 60.4 Å². The zero-order valence-electron chi connectivity index (χ0n) is 15.3. The van der Waals surface area contributed by atoms with Crippen molar-refractivity contribution in [1.29, 1.82) is 0 Å². The van der Waals surface area contributed by atoms with E-state index in [0.29, 0.717) is 24.7 Å². The van der Waals surface area contributed by atoms with E-state index in [1.807, 2.05) is 42.5 Å². The van der Waals surface area contributed by atoms with Crippen molar-refractivity contribution in [3.63, 3.8) is 0 Å². The first kappa shape index (κ1) is 16.9. The number of hydrogen-bond acceptors (Lipinski definition) is 7. The predicted octanol–water partition coefficient (Wildman–Crippen LogP) is 3.29. The summed E-state index contributed by atoms with van der Waals surface area (Å²) in [5, 5.41) is 11.8. The number of benzene rings is 1. The average Bonchev–Trinajstić information content (AvgIpc) is 3.49. The Morgan fingerprint density at radius 2 is 2.07 bits per heavy atom. The van der Waals surface area contributed by atoms with E-state index in [2.05, 4.69) is 25.5 Å². The molecule has 0 bridgehead atoms. The molecule has 1 aromatic carbocycles. The van der Waals surface area contributed by atoms with Gasteiger partial charge < -0.3 is 14.6 Å². The summed E-state index contributed by atoms with van der Waals surface area (Å²) >= 11 is 0. The highest BCUT2D eigenvalue weighted by molar-refractivity contribution is 5.66. The number of nitrogens with zero attached hydrogens (tertiary/aromatic N) is 5. The molecule has 5 rings (SSSR count). The Morgan fingerprint density at radius 3 is 2.93 bits per heavy atom. The lowest BCUT2D eigenvalue weighted by molar-refractivity contribution is 0.0835. The van der Waals surface area contributed by atoms with Crippen molar-refractivity contribution in [2.45, 2.75) is 25.4 Å². The first-order chi connectivity index (χ1) is 13.9. The van der Waals surface area contributed by atoms with Gasteiger partial charge in [0.25, 0.3) is 5.89 Å². The summed E-state index contributed by atoms with van der Waals surface area (Å²) in [6.07, 6.45) is 4.31. The largest absolute Gasteiger partial charge is 0.369 e. The van der Waals surface area contributed by atoms with Crippen molar-refractivity contribution in [2.24, 2.45) is 0 Å². The Bertz CT molecular complexity index is 1070. The van der Waals surface area contributed by atoms with Crippen LogP contribution in [-0.4, -0.2) is 37.9 Å². The van der Waals surface area contributed by atoms with E-state index in [1.165, 1.54) is 0 Å². The molecule has 1 unspecified atom stereocenters. The molecule has 1 aliphatic heterocycles. The molecule has 1 saturated heterocycles. The van der Waals surface area contributed by atoms with Crippen LogP contribution in [0.25, 0.3) is 16.9 Å². The molecular formula is C20H20N6O2. The highest BCUT2D eigenvalue weighted by atomic mass is 16.5. The van der Waals surface area contributed by atoms with Crippen LogP contribution in [0.5, 0.6) is 0 Å². The molecule has 142 valence electrons. The third-order valence-electron chi connectivity index (χ3n) is 4.77. The van der Waals surface area contributed by atoms with Gasteiger partial charge in [-0.3, -0.25) is 0 Å². The van der Waals surface area contributed by atoms with Gasteiger partial charge in [-0.2, -0.15) is 14.6 Å². The van der Waals surface area contributed by atoms with Crippen LogP contribution in [0, 0.1) is 0 Å². The van der Waals surface area contributed by atoms with Gasteiger partial charge >= 0.3 is 0 Å². The third kappa shape index (κ3) is 3.34. The molecule has 0 saturated carbocycles. The molecule has 1 aliphatic rings. The fourth-order valence-electron chi connectivity index (χ4n) is 3.37. The topological polar surface area (TPSA) is 90.4 Å². The Kier molecular flexibility index (Phi) is 4.46. The van der Waals surface area contributed by atoms with Gasteiger partial charge in [-0.05, 0) is 12.8 Å². The number of rotatable bonds is 6. The third-order valence-corrected chi connectivity index (χ3v) is 4.77.